The summed E-state index contributed by atoms with van der Waals surface area (Å²) in [5.41, 5.74) is 2.22. The molecule has 2 rings (SSSR count). The van der Waals surface area contributed by atoms with Crippen LogP contribution in [-0.4, -0.2) is 11.1 Å². The van der Waals surface area contributed by atoms with Gasteiger partial charge in [-0.05, 0) is 30.2 Å². The lowest BCUT2D eigenvalue weighted by atomic mass is 10.1. The summed E-state index contributed by atoms with van der Waals surface area (Å²) in [5.74, 6) is -0.360. The number of ether oxygens (including phenoxy) is 1. The van der Waals surface area contributed by atoms with E-state index in [9.17, 15) is 4.79 Å². The number of hydrogen-bond acceptors (Lipinski definition) is 3. The lowest BCUT2D eigenvalue weighted by Gasteiger charge is -2.13. The molecule has 0 bridgehead atoms. The zero-order chi connectivity index (χ0) is 13.7. The van der Waals surface area contributed by atoms with E-state index < -0.39 is 0 Å². The van der Waals surface area contributed by atoms with Gasteiger partial charge in [-0.3, -0.25) is 0 Å². The van der Waals surface area contributed by atoms with Crippen LogP contribution in [0.5, 0.6) is 0 Å². The quantitative estimate of drug-likeness (QED) is 0.855. The van der Waals surface area contributed by atoms with Gasteiger partial charge in [0.05, 0.1) is 12.2 Å². The third-order valence-corrected chi connectivity index (χ3v) is 2.93. The molecule has 0 saturated carbocycles. The predicted octanol–water partition coefficient (Wildman–Crippen LogP) is 3.10. The van der Waals surface area contributed by atoms with E-state index in [1.165, 1.54) is 0 Å². The molecule has 2 aromatic carbocycles. The minimum absolute atomic E-state index is 0.0320. The first-order valence-electron chi connectivity index (χ1n) is 6.16. The highest BCUT2D eigenvalue weighted by molar-refractivity contribution is 5.89. The van der Waals surface area contributed by atoms with Crippen molar-refractivity contribution in [2.24, 2.45) is 0 Å². The van der Waals surface area contributed by atoms with Crippen molar-refractivity contribution in [1.29, 1.82) is 0 Å². The van der Waals surface area contributed by atoms with Gasteiger partial charge in [-0.25, -0.2) is 4.79 Å². The van der Waals surface area contributed by atoms with Gasteiger partial charge < -0.3 is 9.84 Å². The largest absolute Gasteiger partial charge is 0.454 e. The fourth-order valence-electron chi connectivity index (χ4n) is 1.77. The second-order valence-electron chi connectivity index (χ2n) is 4.31. The Hall–Kier alpha value is -2.13. The lowest BCUT2D eigenvalue weighted by Crippen LogP contribution is -2.09. The van der Waals surface area contributed by atoms with Gasteiger partial charge in [0.25, 0.3) is 0 Å². The van der Waals surface area contributed by atoms with Crippen LogP contribution in [0.1, 0.15) is 34.5 Å². The number of rotatable bonds is 4. The van der Waals surface area contributed by atoms with Crippen LogP contribution in [0, 0.1) is 0 Å². The molecular formula is C16H16O3. The normalized spacial score (nSPS) is 11.9. The van der Waals surface area contributed by atoms with Crippen molar-refractivity contribution < 1.29 is 14.6 Å². The summed E-state index contributed by atoms with van der Waals surface area (Å²) >= 11 is 0. The molecule has 0 saturated heterocycles. The van der Waals surface area contributed by atoms with Gasteiger partial charge in [-0.2, -0.15) is 0 Å². The maximum Gasteiger partial charge on any atom is 0.338 e. The first-order valence-corrected chi connectivity index (χ1v) is 6.16. The van der Waals surface area contributed by atoms with E-state index in [1.807, 2.05) is 37.3 Å². The Morgan fingerprint density at radius 3 is 2.32 bits per heavy atom. The highest BCUT2D eigenvalue weighted by Gasteiger charge is 2.13. The zero-order valence-corrected chi connectivity index (χ0v) is 10.7. The SMILES string of the molecule is CC(OC(=O)c1ccc(CO)cc1)c1ccccc1. The monoisotopic (exact) mass is 256 g/mol. The number of carbonyl (C=O) groups excluding carboxylic acids is 1. The molecule has 1 N–H and O–H groups in total. The molecule has 0 radical (unpaired) electrons. The Bertz CT molecular complexity index is 532. The second kappa shape index (κ2) is 6.16. The smallest absolute Gasteiger partial charge is 0.338 e. The van der Waals surface area contributed by atoms with E-state index in [0.717, 1.165) is 11.1 Å². The van der Waals surface area contributed by atoms with E-state index in [-0.39, 0.29) is 18.7 Å². The highest BCUT2D eigenvalue weighted by Crippen LogP contribution is 2.18. The summed E-state index contributed by atoms with van der Waals surface area (Å²) in [6, 6.07) is 16.3. The minimum Gasteiger partial charge on any atom is -0.454 e. The van der Waals surface area contributed by atoms with Crippen molar-refractivity contribution in [3.8, 4) is 0 Å². The fraction of sp³-hybridized carbons (Fsp3) is 0.188. The molecule has 0 amide bonds. The van der Waals surface area contributed by atoms with Crippen molar-refractivity contribution in [1.82, 2.24) is 0 Å². The summed E-state index contributed by atoms with van der Waals surface area (Å²) in [7, 11) is 0. The van der Waals surface area contributed by atoms with Gasteiger partial charge in [0.1, 0.15) is 6.10 Å². The van der Waals surface area contributed by atoms with E-state index in [0.29, 0.717) is 5.56 Å². The van der Waals surface area contributed by atoms with Gasteiger partial charge >= 0.3 is 5.97 Å². The van der Waals surface area contributed by atoms with Crippen LogP contribution in [-0.2, 0) is 11.3 Å². The van der Waals surface area contributed by atoms with Crippen molar-refractivity contribution in [2.75, 3.05) is 0 Å². The van der Waals surface area contributed by atoms with E-state index in [2.05, 4.69) is 0 Å². The Labute approximate surface area is 112 Å². The summed E-state index contributed by atoms with van der Waals surface area (Å²) in [5, 5.41) is 8.95. The van der Waals surface area contributed by atoms with Gasteiger partial charge in [0.15, 0.2) is 0 Å². The van der Waals surface area contributed by atoms with Gasteiger partial charge in [-0.15, -0.1) is 0 Å². The number of benzene rings is 2. The molecule has 98 valence electrons. The lowest BCUT2D eigenvalue weighted by molar-refractivity contribution is 0.0338. The van der Waals surface area contributed by atoms with E-state index >= 15 is 0 Å². The molecule has 3 nitrogen and oxygen atoms in total. The van der Waals surface area contributed by atoms with Gasteiger partial charge in [0, 0.05) is 0 Å². The number of carbonyl (C=O) groups is 1. The van der Waals surface area contributed by atoms with Crippen LogP contribution < -0.4 is 0 Å². The maximum absolute atomic E-state index is 11.9. The minimum atomic E-state index is -0.360. The highest BCUT2D eigenvalue weighted by atomic mass is 16.5. The molecule has 0 aliphatic rings. The molecule has 0 aliphatic heterocycles. The predicted molar refractivity (Wildman–Crippen MR) is 72.6 cm³/mol. The molecule has 0 aliphatic carbocycles. The summed E-state index contributed by atoms with van der Waals surface area (Å²) < 4.78 is 5.39. The first-order chi connectivity index (χ1) is 9.20. The first kappa shape index (κ1) is 13.3. The number of hydrogen-bond donors (Lipinski definition) is 1. The molecule has 0 aromatic heterocycles. The van der Waals surface area contributed by atoms with Crippen LogP contribution in [0.15, 0.2) is 54.6 Å². The van der Waals surface area contributed by atoms with Crippen LogP contribution in [0.4, 0.5) is 0 Å². The molecule has 0 heterocycles. The van der Waals surface area contributed by atoms with Crippen molar-refractivity contribution in [3.05, 3.63) is 71.3 Å². The topological polar surface area (TPSA) is 46.5 Å². The zero-order valence-electron chi connectivity index (χ0n) is 10.7. The summed E-state index contributed by atoms with van der Waals surface area (Å²) in [4.78, 5) is 11.9. The Morgan fingerprint density at radius 2 is 1.74 bits per heavy atom. The van der Waals surface area contributed by atoms with Crippen LogP contribution >= 0.6 is 0 Å². The molecule has 2 aromatic rings. The summed E-state index contributed by atoms with van der Waals surface area (Å²) in [6.45, 7) is 1.81. The number of aliphatic hydroxyl groups is 1. The Balaban J connectivity index is 2.04. The molecule has 1 atom stereocenters. The average molecular weight is 256 g/mol. The molecule has 1 unspecified atom stereocenters. The molecule has 19 heavy (non-hydrogen) atoms. The second-order valence-corrected chi connectivity index (χ2v) is 4.31. The number of aliphatic hydroxyl groups excluding tert-OH is 1. The van der Waals surface area contributed by atoms with Crippen LogP contribution in [0.2, 0.25) is 0 Å². The Kier molecular flexibility index (Phi) is 4.31. The molecule has 0 spiro atoms. The third kappa shape index (κ3) is 3.42. The molecular weight excluding hydrogens is 240 g/mol. The van der Waals surface area contributed by atoms with Gasteiger partial charge in [0.2, 0.25) is 0 Å². The van der Waals surface area contributed by atoms with Crippen LogP contribution in [0.25, 0.3) is 0 Å². The number of esters is 1. The fourth-order valence-corrected chi connectivity index (χ4v) is 1.77. The van der Waals surface area contributed by atoms with Crippen molar-refractivity contribution in [3.63, 3.8) is 0 Å². The molecule has 3 heteroatoms. The van der Waals surface area contributed by atoms with Gasteiger partial charge in [-0.1, -0.05) is 42.5 Å². The maximum atomic E-state index is 11.9. The van der Waals surface area contributed by atoms with Crippen molar-refractivity contribution in [2.45, 2.75) is 19.6 Å². The van der Waals surface area contributed by atoms with Crippen LogP contribution in [0.3, 0.4) is 0 Å². The average Bonchev–Trinajstić information content (AvgIpc) is 2.48. The van der Waals surface area contributed by atoms with Crippen molar-refractivity contribution >= 4 is 5.97 Å². The third-order valence-electron chi connectivity index (χ3n) is 2.93. The Morgan fingerprint density at radius 1 is 1.11 bits per heavy atom. The summed E-state index contributed by atoms with van der Waals surface area (Å²) in [6.07, 6.45) is -0.286. The standard InChI is InChI=1S/C16H16O3/c1-12(14-5-3-2-4-6-14)19-16(18)15-9-7-13(11-17)8-10-15/h2-10,12,17H,11H2,1H3. The van der Waals surface area contributed by atoms with E-state index in [1.54, 1.807) is 24.3 Å². The molecule has 0 fully saturated rings. The van der Waals surface area contributed by atoms with E-state index in [4.69, 9.17) is 9.84 Å².